The number of likely N-dealkylation sites (tertiary alicyclic amines) is 1. The molecule has 3 aromatic rings. The maximum atomic E-state index is 13.7. The fraction of sp³-hybridized carbons (Fsp3) is 0.545. The van der Waals surface area contributed by atoms with E-state index in [-0.39, 0.29) is 30.2 Å². The SMILES string of the molecule is COC(=O)N1CC=C(c2cc(N3CCC[C@@H](NC(=O)c4sc(Cl)cc4OC4CCN(C(=O)OC(C)(C)C)C(C)C4)C3)c3c(N)ncnn23)C1. The summed E-state index contributed by atoms with van der Waals surface area (Å²) in [4.78, 5) is 48.7. The molecule has 2 saturated heterocycles. The highest BCUT2D eigenvalue weighted by Crippen LogP contribution is 2.37. The number of fused-ring (bicyclic) bond motifs is 1. The molecular weight excluding hydrogens is 672 g/mol. The third-order valence-electron chi connectivity index (χ3n) is 8.96. The third kappa shape index (κ3) is 7.52. The molecule has 3 aliphatic heterocycles. The molecule has 3 aliphatic rings. The van der Waals surface area contributed by atoms with E-state index in [4.69, 9.17) is 31.5 Å². The highest BCUT2D eigenvalue weighted by atomic mass is 35.5. The Morgan fingerprint density at radius 3 is 2.67 bits per heavy atom. The van der Waals surface area contributed by atoms with Crippen molar-refractivity contribution in [2.45, 2.75) is 77.2 Å². The number of ether oxygens (including phenoxy) is 3. The highest BCUT2D eigenvalue weighted by Gasteiger charge is 2.34. The molecule has 0 saturated carbocycles. The quantitative estimate of drug-likeness (QED) is 0.354. The summed E-state index contributed by atoms with van der Waals surface area (Å²) in [5.74, 6) is 0.538. The van der Waals surface area contributed by atoms with Crippen LogP contribution in [0.5, 0.6) is 5.75 Å². The van der Waals surface area contributed by atoms with Gasteiger partial charge in [0.05, 0.1) is 29.4 Å². The highest BCUT2D eigenvalue weighted by molar-refractivity contribution is 7.18. The van der Waals surface area contributed by atoms with E-state index < -0.39 is 11.7 Å². The Morgan fingerprint density at radius 2 is 1.94 bits per heavy atom. The number of nitrogens with one attached hydrogen (secondary N) is 1. The Kier molecular flexibility index (Phi) is 9.85. The number of amides is 3. The summed E-state index contributed by atoms with van der Waals surface area (Å²) in [6.45, 7) is 10.1. The number of carbonyl (C=O) groups excluding carboxylic acids is 3. The first-order chi connectivity index (χ1) is 23.3. The van der Waals surface area contributed by atoms with Crippen LogP contribution in [0.25, 0.3) is 11.1 Å². The minimum atomic E-state index is -0.571. The Balaban J connectivity index is 1.13. The lowest BCUT2D eigenvalue weighted by Crippen LogP contribution is -2.49. The third-order valence-corrected chi connectivity index (χ3v) is 10.2. The molecule has 49 heavy (non-hydrogen) atoms. The van der Waals surface area contributed by atoms with Crippen molar-refractivity contribution in [3.05, 3.63) is 39.4 Å². The van der Waals surface area contributed by atoms with Crippen molar-refractivity contribution in [3.8, 4) is 5.75 Å². The summed E-state index contributed by atoms with van der Waals surface area (Å²) in [5, 5.41) is 7.70. The Hall–Kier alpha value is -4.24. The summed E-state index contributed by atoms with van der Waals surface area (Å²) in [7, 11) is 1.37. The number of halogens is 1. The lowest BCUT2D eigenvalue weighted by Gasteiger charge is -2.38. The first kappa shape index (κ1) is 34.6. The van der Waals surface area contributed by atoms with Crippen LogP contribution in [0.4, 0.5) is 21.1 Å². The van der Waals surface area contributed by atoms with Crippen LogP contribution in [-0.4, -0.2) is 106 Å². The summed E-state index contributed by atoms with van der Waals surface area (Å²) in [6, 6.07) is 3.47. The van der Waals surface area contributed by atoms with E-state index in [9.17, 15) is 14.4 Å². The van der Waals surface area contributed by atoms with E-state index in [0.29, 0.717) is 65.3 Å². The van der Waals surface area contributed by atoms with Crippen molar-refractivity contribution in [2.75, 3.05) is 50.5 Å². The average molecular weight is 715 g/mol. The standard InChI is InChI=1S/C33H43ClN8O6S/c1-19-13-22(9-12-41(19)32(45)48-33(2,3)4)47-25-15-26(34)49-28(25)30(43)38-21-7-6-10-39(17-21)24-14-23(42-27(24)29(35)36-18-37-42)20-8-11-40(16-20)31(44)46-5/h8,14-15,18-19,21-22H,6-7,9-13,16-17H2,1-5H3,(H,38,43)(H2,35,36,37)/t19?,21-,22?/m1/s1. The molecular formula is C33H43ClN8O6S. The molecule has 3 atom stereocenters. The second-order valence-electron chi connectivity index (χ2n) is 13.7. The smallest absolute Gasteiger partial charge is 0.410 e. The molecule has 6 rings (SSSR count). The van der Waals surface area contributed by atoms with Crippen LogP contribution in [0.2, 0.25) is 4.34 Å². The van der Waals surface area contributed by atoms with Crippen molar-refractivity contribution in [2.24, 2.45) is 0 Å². The van der Waals surface area contributed by atoms with Gasteiger partial charge in [0, 0.05) is 57.2 Å². The maximum Gasteiger partial charge on any atom is 0.410 e. The van der Waals surface area contributed by atoms with Gasteiger partial charge < -0.3 is 40.0 Å². The lowest BCUT2D eigenvalue weighted by atomic mass is 10.0. The number of nitrogen functional groups attached to an aromatic ring is 1. The number of hydrogen-bond acceptors (Lipinski definition) is 11. The number of piperidine rings is 2. The van der Waals surface area contributed by atoms with Crippen LogP contribution in [0.3, 0.4) is 0 Å². The van der Waals surface area contributed by atoms with E-state index in [0.717, 1.165) is 36.3 Å². The van der Waals surface area contributed by atoms with Crippen molar-refractivity contribution in [1.29, 1.82) is 0 Å². The number of nitrogens with zero attached hydrogens (tertiary/aromatic N) is 6. The molecule has 0 aromatic carbocycles. The number of hydrogen-bond donors (Lipinski definition) is 2. The van der Waals surface area contributed by atoms with Gasteiger partial charge >= 0.3 is 12.2 Å². The Bertz CT molecular complexity index is 1770. The molecule has 0 aliphatic carbocycles. The van der Waals surface area contributed by atoms with Gasteiger partial charge in [-0.15, -0.1) is 11.3 Å². The molecule has 0 radical (unpaired) electrons. The van der Waals surface area contributed by atoms with Crippen LogP contribution in [0.1, 0.15) is 68.7 Å². The molecule has 3 aromatic heterocycles. The Labute approximate surface area is 294 Å². The summed E-state index contributed by atoms with van der Waals surface area (Å²) >= 11 is 7.60. The van der Waals surface area contributed by atoms with E-state index in [2.05, 4.69) is 20.3 Å². The zero-order valence-electron chi connectivity index (χ0n) is 28.4. The monoisotopic (exact) mass is 714 g/mol. The summed E-state index contributed by atoms with van der Waals surface area (Å²) < 4.78 is 19.1. The van der Waals surface area contributed by atoms with Gasteiger partial charge in [0.1, 0.15) is 34.2 Å². The maximum absolute atomic E-state index is 13.7. The number of thiophene rings is 1. The molecule has 6 heterocycles. The second kappa shape index (κ2) is 13.9. The van der Waals surface area contributed by atoms with Crippen LogP contribution in [-0.2, 0) is 9.47 Å². The predicted octanol–water partition coefficient (Wildman–Crippen LogP) is 5.06. The molecule has 2 unspecified atom stereocenters. The predicted molar refractivity (Wildman–Crippen MR) is 187 cm³/mol. The topological polar surface area (TPSA) is 157 Å². The fourth-order valence-corrected chi connectivity index (χ4v) is 7.74. The molecule has 2 fully saturated rings. The van der Waals surface area contributed by atoms with Gasteiger partial charge in [-0.1, -0.05) is 17.7 Å². The summed E-state index contributed by atoms with van der Waals surface area (Å²) in [6.07, 6.45) is 5.33. The average Bonchev–Trinajstić information content (AvgIpc) is 3.77. The van der Waals surface area contributed by atoms with Gasteiger partial charge in [-0.25, -0.2) is 19.1 Å². The lowest BCUT2D eigenvalue weighted by molar-refractivity contribution is -0.00103. The summed E-state index contributed by atoms with van der Waals surface area (Å²) in [5.41, 5.74) is 9.10. The minimum absolute atomic E-state index is 0.0877. The number of rotatable bonds is 6. The number of anilines is 2. The first-order valence-electron chi connectivity index (χ1n) is 16.5. The van der Waals surface area contributed by atoms with Gasteiger partial charge in [0.15, 0.2) is 5.82 Å². The Morgan fingerprint density at radius 1 is 1.14 bits per heavy atom. The van der Waals surface area contributed by atoms with Gasteiger partial charge in [-0.05, 0) is 52.2 Å². The van der Waals surface area contributed by atoms with Crippen LogP contribution < -0.4 is 20.7 Å². The molecule has 3 amide bonds. The largest absolute Gasteiger partial charge is 0.488 e. The van der Waals surface area contributed by atoms with Crippen molar-refractivity contribution in [1.82, 2.24) is 29.7 Å². The van der Waals surface area contributed by atoms with Crippen LogP contribution >= 0.6 is 22.9 Å². The zero-order chi connectivity index (χ0) is 35.0. The van der Waals surface area contributed by atoms with Crippen LogP contribution in [0.15, 0.2) is 24.5 Å². The van der Waals surface area contributed by atoms with Gasteiger partial charge in [0.25, 0.3) is 5.91 Å². The van der Waals surface area contributed by atoms with E-state index in [1.54, 1.807) is 20.4 Å². The zero-order valence-corrected chi connectivity index (χ0v) is 30.0. The second-order valence-corrected chi connectivity index (χ2v) is 15.4. The van der Waals surface area contributed by atoms with Gasteiger partial charge in [0.2, 0.25) is 0 Å². The molecule has 0 bridgehead atoms. The first-order valence-corrected chi connectivity index (χ1v) is 17.7. The molecule has 16 heteroatoms. The van der Waals surface area contributed by atoms with Crippen LogP contribution in [0, 0.1) is 0 Å². The number of aromatic nitrogens is 3. The van der Waals surface area contributed by atoms with Gasteiger partial charge in [-0.2, -0.15) is 5.10 Å². The molecule has 14 nitrogen and oxygen atoms in total. The molecule has 3 N–H and O–H groups in total. The van der Waals surface area contributed by atoms with E-state index in [1.165, 1.54) is 24.8 Å². The fourth-order valence-electron chi connectivity index (χ4n) is 6.69. The normalized spacial score (nSPS) is 21.5. The number of carbonyl (C=O) groups is 3. The number of nitrogens with two attached hydrogens (primary N) is 1. The van der Waals surface area contributed by atoms with Crippen molar-refractivity contribution < 1.29 is 28.6 Å². The molecule has 0 spiro atoms. The van der Waals surface area contributed by atoms with E-state index in [1.807, 2.05) is 39.8 Å². The molecule has 264 valence electrons. The van der Waals surface area contributed by atoms with Crippen molar-refractivity contribution >= 4 is 63.6 Å². The number of methoxy groups -OCH3 is 1. The van der Waals surface area contributed by atoms with E-state index >= 15 is 0 Å². The minimum Gasteiger partial charge on any atom is -0.488 e. The van der Waals surface area contributed by atoms with Crippen molar-refractivity contribution in [3.63, 3.8) is 0 Å². The van der Waals surface area contributed by atoms with Gasteiger partial charge in [-0.3, -0.25) is 4.79 Å².